The Morgan fingerprint density at radius 2 is 1.63 bits per heavy atom. The van der Waals surface area contributed by atoms with Crippen LogP contribution in [0.3, 0.4) is 0 Å². The molecule has 106 valence electrons. The Morgan fingerprint density at radius 3 is 1.95 bits per heavy atom. The minimum Gasteiger partial charge on any atom is -0.206 e. The van der Waals surface area contributed by atoms with Crippen molar-refractivity contribution in [1.82, 2.24) is 0 Å². The van der Waals surface area contributed by atoms with Crippen molar-refractivity contribution in [3.8, 4) is 0 Å². The van der Waals surface area contributed by atoms with Gasteiger partial charge in [-0.1, -0.05) is 24.2 Å². The van der Waals surface area contributed by atoms with E-state index in [2.05, 4.69) is 6.58 Å². The quantitative estimate of drug-likeness (QED) is 0.850. The fourth-order valence-electron chi connectivity index (χ4n) is 1.59. The van der Waals surface area contributed by atoms with Gasteiger partial charge in [0.25, 0.3) is 0 Å². The molecule has 0 heterocycles. The molecule has 0 atom stereocenters. The van der Waals surface area contributed by atoms with Gasteiger partial charge in [0.1, 0.15) is 0 Å². The monoisotopic (exact) mass is 323 g/mol. The van der Waals surface area contributed by atoms with Gasteiger partial charge >= 0.3 is 0 Å². The molecule has 0 spiro atoms. The zero-order chi connectivity index (χ0) is 15.0. The minimum absolute atomic E-state index is 0.0278. The normalized spacial score (nSPS) is 12.2. The number of nitrogens with zero attached hydrogens (tertiary/aromatic N) is 1. The predicted molar refractivity (Wildman–Crippen MR) is 78.3 cm³/mol. The van der Waals surface area contributed by atoms with Crippen LogP contribution in [0.5, 0.6) is 0 Å². The van der Waals surface area contributed by atoms with Crippen molar-refractivity contribution in [3.63, 3.8) is 0 Å². The molecule has 5 nitrogen and oxygen atoms in total. The molecule has 0 saturated heterocycles. The Kier molecular flexibility index (Phi) is 4.33. The van der Waals surface area contributed by atoms with Gasteiger partial charge in [0, 0.05) is 0 Å². The van der Waals surface area contributed by atoms with E-state index in [0.717, 1.165) is 12.5 Å². The highest BCUT2D eigenvalue weighted by Crippen LogP contribution is 2.29. The van der Waals surface area contributed by atoms with Crippen LogP contribution in [0.25, 0.3) is 5.57 Å². The number of rotatable bonds is 4. The molecule has 0 aliphatic rings. The van der Waals surface area contributed by atoms with Crippen molar-refractivity contribution in [2.24, 2.45) is 0 Å². The fourth-order valence-corrected chi connectivity index (χ4v) is 4.89. The third kappa shape index (κ3) is 3.71. The van der Waals surface area contributed by atoms with Gasteiger partial charge in [-0.3, -0.25) is 0 Å². The number of allylic oxidation sites excluding steroid dienone is 1. The molecular weight excluding hydrogens is 310 g/mol. The lowest BCUT2D eigenvalue weighted by Gasteiger charge is -2.20. The van der Waals surface area contributed by atoms with Crippen LogP contribution >= 0.6 is 11.6 Å². The van der Waals surface area contributed by atoms with Crippen molar-refractivity contribution >= 4 is 42.9 Å². The fraction of sp³-hybridized carbons (Fsp3) is 0.273. The summed E-state index contributed by atoms with van der Waals surface area (Å²) >= 11 is 5.99. The summed E-state index contributed by atoms with van der Waals surface area (Å²) in [6.07, 6.45) is 1.63. The second-order valence-electron chi connectivity index (χ2n) is 4.17. The molecule has 0 amide bonds. The molecular formula is C11H14ClNO4S2. The molecule has 0 aliphatic carbocycles. The average Bonchev–Trinajstić information content (AvgIpc) is 2.11. The second-order valence-corrected chi connectivity index (χ2v) is 8.47. The molecule has 0 N–H and O–H groups in total. The van der Waals surface area contributed by atoms with E-state index in [1.165, 1.54) is 18.2 Å². The van der Waals surface area contributed by atoms with Crippen LogP contribution in [0.15, 0.2) is 24.8 Å². The van der Waals surface area contributed by atoms with Crippen molar-refractivity contribution in [2.45, 2.75) is 6.92 Å². The lowest BCUT2D eigenvalue weighted by atomic mass is 10.1. The molecule has 0 saturated carbocycles. The van der Waals surface area contributed by atoms with Gasteiger partial charge in [-0.25, -0.2) is 16.8 Å². The predicted octanol–water partition coefficient (Wildman–Crippen LogP) is 2.10. The van der Waals surface area contributed by atoms with Crippen molar-refractivity contribution in [3.05, 3.63) is 35.4 Å². The number of hydrogen-bond acceptors (Lipinski definition) is 4. The Balaban J connectivity index is 3.52. The summed E-state index contributed by atoms with van der Waals surface area (Å²) in [7, 11) is -7.92. The average molecular weight is 324 g/mol. The van der Waals surface area contributed by atoms with Gasteiger partial charge in [0.05, 0.1) is 23.2 Å². The summed E-state index contributed by atoms with van der Waals surface area (Å²) < 4.78 is 46.7. The number of hydrogen-bond donors (Lipinski definition) is 0. The van der Waals surface area contributed by atoms with E-state index in [-0.39, 0.29) is 10.7 Å². The Morgan fingerprint density at radius 1 is 1.16 bits per heavy atom. The molecule has 1 aromatic rings. The van der Waals surface area contributed by atoms with Gasteiger partial charge in [-0.2, -0.15) is 3.71 Å². The molecule has 0 fully saturated rings. The number of anilines is 1. The zero-order valence-corrected chi connectivity index (χ0v) is 13.1. The van der Waals surface area contributed by atoms with Gasteiger partial charge < -0.3 is 0 Å². The van der Waals surface area contributed by atoms with Gasteiger partial charge in [0.15, 0.2) is 0 Å². The van der Waals surface area contributed by atoms with Crippen molar-refractivity contribution in [1.29, 1.82) is 0 Å². The molecule has 0 aliphatic heterocycles. The maximum Gasteiger partial charge on any atom is 0.245 e. The summed E-state index contributed by atoms with van der Waals surface area (Å²) in [4.78, 5) is 0. The number of benzene rings is 1. The topological polar surface area (TPSA) is 71.5 Å². The Labute approximate surface area is 118 Å². The van der Waals surface area contributed by atoms with Crippen LogP contribution in [0.4, 0.5) is 5.69 Å². The largest absolute Gasteiger partial charge is 0.245 e. The van der Waals surface area contributed by atoms with E-state index in [1.54, 1.807) is 6.92 Å². The van der Waals surface area contributed by atoms with Crippen LogP contribution in [0, 0.1) is 0 Å². The molecule has 0 aromatic heterocycles. The van der Waals surface area contributed by atoms with Crippen LogP contribution in [0.2, 0.25) is 5.02 Å². The molecule has 0 unspecified atom stereocenters. The molecule has 1 rings (SSSR count). The number of sulfonamides is 2. The third-order valence-electron chi connectivity index (χ3n) is 2.23. The van der Waals surface area contributed by atoms with Crippen molar-refractivity contribution < 1.29 is 16.8 Å². The molecule has 8 heteroatoms. The summed E-state index contributed by atoms with van der Waals surface area (Å²) in [5, 5.41) is 0.238. The van der Waals surface area contributed by atoms with E-state index >= 15 is 0 Å². The smallest absolute Gasteiger partial charge is 0.206 e. The van der Waals surface area contributed by atoms with E-state index in [0.29, 0.717) is 14.8 Å². The first-order chi connectivity index (χ1) is 8.44. The lowest BCUT2D eigenvalue weighted by molar-refractivity contribution is 0.591. The first-order valence-corrected chi connectivity index (χ1v) is 9.18. The summed E-state index contributed by atoms with van der Waals surface area (Å²) in [5.41, 5.74) is 1.30. The summed E-state index contributed by atoms with van der Waals surface area (Å²) in [6.45, 7) is 5.47. The Bertz CT molecular complexity index is 691. The minimum atomic E-state index is -3.96. The Hall–Kier alpha value is -1.05. The molecule has 19 heavy (non-hydrogen) atoms. The van der Waals surface area contributed by atoms with Gasteiger partial charge in [-0.05, 0) is 30.2 Å². The first kappa shape index (κ1) is 16.0. The van der Waals surface area contributed by atoms with Crippen molar-refractivity contribution in [2.75, 3.05) is 16.2 Å². The third-order valence-corrected chi connectivity index (χ3v) is 5.79. The van der Waals surface area contributed by atoms with E-state index in [1.807, 2.05) is 0 Å². The molecule has 1 aromatic carbocycles. The summed E-state index contributed by atoms with van der Waals surface area (Å²) in [6, 6.07) is 4.19. The van der Waals surface area contributed by atoms with E-state index in [9.17, 15) is 16.8 Å². The van der Waals surface area contributed by atoms with E-state index < -0.39 is 20.0 Å². The van der Waals surface area contributed by atoms with Gasteiger partial charge in [-0.15, -0.1) is 0 Å². The maximum atomic E-state index is 11.6. The highest BCUT2D eigenvalue weighted by molar-refractivity contribution is 8.09. The number of halogens is 1. The molecule has 0 bridgehead atoms. The first-order valence-electron chi connectivity index (χ1n) is 5.10. The molecule has 0 radical (unpaired) electrons. The lowest BCUT2D eigenvalue weighted by Crippen LogP contribution is -2.35. The van der Waals surface area contributed by atoms with Crippen LogP contribution in [-0.2, 0) is 20.0 Å². The second kappa shape index (κ2) is 5.15. The van der Waals surface area contributed by atoms with E-state index in [4.69, 9.17) is 11.6 Å². The van der Waals surface area contributed by atoms with Crippen LogP contribution in [0.1, 0.15) is 12.5 Å². The standard InChI is InChI=1S/C11H14ClNO4S2/c1-8(2)10-6-5-9(7-11(10)12)13(18(3,14)15)19(4,16)17/h5-7H,1H2,2-4H3. The highest BCUT2D eigenvalue weighted by Gasteiger charge is 2.27. The zero-order valence-electron chi connectivity index (χ0n) is 10.7. The highest BCUT2D eigenvalue weighted by atomic mass is 35.5. The SMILES string of the molecule is C=C(C)c1ccc(N(S(C)(=O)=O)S(C)(=O)=O)cc1Cl. The van der Waals surface area contributed by atoms with Gasteiger partial charge in [0.2, 0.25) is 20.0 Å². The van der Waals surface area contributed by atoms with Crippen LogP contribution < -0.4 is 3.71 Å². The van der Waals surface area contributed by atoms with Crippen LogP contribution in [-0.4, -0.2) is 29.3 Å². The maximum absolute atomic E-state index is 11.6. The summed E-state index contributed by atoms with van der Waals surface area (Å²) in [5.74, 6) is 0.